The molecule has 1 aromatic heterocycles. The summed E-state index contributed by atoms with van der Waals surface area (Å²) >= 11 is 0. The van der Waals surface area contributed by atoms with Gasteiger partial charge in [0.2, 0.25) is 5.91 Å². The van der Waals surface area contributed by atoms with Crippen molar-refractivity contribution < 1.29 is 45.1 Å². The van der Waals surface area contributed by atoms with Crippen molar-refractivity contribution in [2.75, 3.05) is 11.9 Å². The normalized spacial score (nSPS) is 14.6. The van der Waals surface area contributed by atoms with Gasteiger partial charge in [0.1, 0.15) is 11.5 Å². The van der Waals surface area contributed by atoms with Crippen molar-refractivity contribution in [2.24, 2.45) is 0 Å². The van der Waals surface area contributed by atoms with Crippen LogP contribution in [0, 0.1) is 12.7 Å². The molecule has 1 aliphatic rings. The van der Waals surface area contributed by atoms with Gasteiger partial charge in [-0.2, -0.15) is 26.3 Å². The van der Waals surface area contributed by atoms with Gasteiger partial charge in [-0.15, -0.1) is 0 Å². The zero-order valence-corrected chi connectivity index (χ0v) is 20.6. The number of amides is 1. The number of esters is 1. The second kappa shape index (κ2) is 9.97. The number of aryl methyl sites for hydroxylation is 1. The lowest BCUT2D eigenvalue weighted by Gasteiger charge is -2.20. The first-order valence-electron chi connectivity index (χ1n) is 11.7. The van der Waals surface area contributed by atoms with Gasteiger partial charge >= 0.3 is 18.3 Å². The predicted molar refractivity (Wildman–Crippen MR) is 126 cm³/mol. The average Bonchev–Trinajstić information content (AvgIpc) is 3.65. The molecule has 12 heteroatoms. The number of nitrogens with one attached hydrogen (secondary N) is 1. The number of pyridine rings is 1. The number of aromatic nitrogens is 1. The molecule has 0 atom stereocenters. The first kappa shape index (κ1) is 28.1. The van der Waals surface area contributed by atoms with E-state index in [2.05, 4.69) is 10.3 Å². The lowest BCUT2D eigenvalue weighted by atomic mass is 9.92. The van der Waals surface area contributed by atoms with Crippen molar-refractivity contribution >= 4 is 17.6 Å². The molecule has 1 amide bonds. The van der Waals surface area contributed by atoms with E-state index in [4.69, 9.17) is 4.74 Å². The van der Waals surface area contributed by atoms with Crippen LogP contribution in [0.3, 0.4) is 0 Å². The number of alkyl halides is 6. The van der Waals surface area contributed by atoms with Crippen molar-refractivity contribution in [3.05, 3.63) is 82.4 Å². The molecule has 3 aromatic rings. The second-order valence-electron chi connectivity index (χ2n) is 9.09. The molecular weight excluding hydrogens is 533 g/mol. The summed E-state index contributed by atoms with van der Waals surface area (Å²) in [4.78, 5) is 29.4. The van der Waals surface area contributed by atoms with E-state index in [1.165, 1.54) is 12.1 Å². The molecule has 4 rings (SSSR count). The molecule has 0 bridgehead atoms. The van der Waals surface area contributed by atoms with Gasteiger partial charge in [0.25, 0.3) is 0 Å². The summed E-state index contributed by atoms with van der Waals surface area (Å²) in [7, 11) is 0. The molecule has 1 aliphatic carbocycles. The van der Waals surface area contributed by atoms with E-state index in [9.17, 15) is 40.3 Å². The highest BCUT2D eigenvalue weighted by Gasteiger charge is 2.53. The molecule has 0 aliphatic heterocycles. The molecule has 0 unspecified atom stereocenters. The number of hydrogen-bond donors (Lipinski definition) is 1. The van der Waals surface area contributed by atoms with Crippen LogP contribution in [0.4, 0.5) is 36.4 Å². The van der Waals surface area contributed by atoms with Gasteiger partial charge in [-0.1, -0.05) is 12.1 Å². The van der Waals surface area contributed by atoms with Crippen LogP contribution in [-0.2, 0) is 27.3 Å². The number of benzene rings is 2. The smallest absolute Gasteiger partial charge is 0.433 e. The van der Waals surface area contributed by atoms with Crippen LogP contribution < -0.4 is 5.32 Å². The zero-order valence-electron chi connectivity index (χ0n) is 20.6. The minimum absolute atomic E-state index is 0.00449. The van der Waals surface area contributed by atoms with E-state index < -0.39 is 46.7 Å². The summed E-state index contributed by atoms with van der Waals surface area (Å²) in [5.74, 6) is -2.65. The molecule has 5 nitrogen and oxygen atoms in total. The third-order valence-corrected chi connectivity index (χ3v) is 6.43. The Labute approximate surface area is 218 Å². The fraction of sp³-hybridized carbons (Fsp3) is 0.296. The summed E-state index contributed by atoms with van der Waals surface area (Å²) in [6, 6.07) is 6.67. The number of nitrogens with zero attached hydrogens (tertiary/aromatic N) is 1. The minimum Gasteiger partial charge on any atom is -0.462 e. The highest BCUT2D eigenvalue weighted by Crippen LogP contribution is 2.50. The van der Waals surface area contributed by atoms with Crippen molar-refractivity contribution in [1.82, 2.24) is 4.98 Å². The fourth-order valence-corrected chi connectivity index (χ4v) is 4.40. The third-order valence-electron chi connectivity index (χ3n) is 6.43. The van der Waals surface area contributed by atoms with Crippen LogP contribution in [0.5, 0.6) is 0 Å². The van der Waals surface area contributed by atoms with Crippen LogP contribution in [0.15, 0.2) is 48.7 Å². The Balaban J connectivity index is 1.68. The monoisotopic (exact) mass is 554 g/mol. The molecule has 1 N–H and O–H groups in total. The maximum atomic E-state index is 14.7. The molecule has 1 saturated carbocycles. The summed E-state index contributed by atoms with van der Waals surface area (Å²) in [5.41, 5.74) is -2.97. The molecule has 0 saturated heterocycles. The predicted octanol–water partition coefficient (Wildman–Crippen LogP) is 7.08. The van der Waals surface area contributed by atoms with Gasteiger partial charge in [0.05, 0.1) is 23.1 Å². The van der Waals surface area contributed by atoms with Crippen LogP contribution in [0.1, 0.15) is 52.5 Å². The Kier molecular flexibility index (Phi) is 7.18. The average molecular weight is 554 g/mol. The maximum Gasteiger partial charge on any atom is 0.433 e. The standard InChI is InChI=1S/C27H21F7N2O3/c1-3-39-23(37)18-12-17(10-14(2)22(18)15-4-7-21(35-13-15)27(32,33)34)36-24(38)25(8-9-25)19-6-5-16(11-20(19)28)26(29,30)31/h4-7,10-13H,3,8-9H2,1-2H3,(H,36,38). The number of carbonyl (C=O) groups is 2. The molecule has 1 fully saturated rings. The van der Waals surface area contributed by atoms with Gasteiger partial charge in [-0.05, 0) is 62.6 Å². The highest BCUT2D eigenvalue weighted by molar-refractivity contribution is 6.04. The SMILES string of the molecule is CCOC(=O)c1cc(NC(=O)C2(c3ccc(C(F)(F)F)cc3F)CC2)cc(C)c1-c1ccc(C(F)(F)F)nc1. The molecular formula is C27H21F7N2O3. The van der Waals surface area contributed by atoms with Gasteiger partial charge in [-0.25, -0.2) is 9.18 Å². The topological polar surface area (TPSA) is 68.3 Å². The molecule has 1 heterocycles. The fourth-order valence-electron chi connectivity index (χ4n) is 4.40. The van der Waals surface area contributed by atoms with Crippen molar-refractivity contribution in [3.63, 3.8) is 0 Å². The zero-order chi connectivity index (χ0) is 28.8. The number of hydrogen-bond acceptors (Lipinski definition) is 4. The number of anilines is 1. The van der Waals surface area contributed by atoms with Gasteiger partial charge < -0.3 is 10.1 Å². The third kappa shape index (κ3) is 5.59. The van der Waals surface area contributed by atoms with Crippen molar-refractivity contribution in [2.45, 2.75) is 44.5 Å². The molecule has 2 aromatic carbocycles. The first-order chi connectivity index (χ1) is 18.2. The van der Waals surface area contributed by atoms with Gasteiger partial charge in [0.15, 0.2) is 0 Å². The Morgan fingerprint density at radius 2 is 1.69 bits per heavy atom. The molecule has 0 radical (unpaired) electrons. The Morgan fingerprint density at radius 1 is 1.00 bits per heavy atom. The quantitative estimate of drug-likeness (QED) is 0.261. The van der Waals surface area contributed by atoms with Gasteiger partial charge in [0, 0.05) is 28.6 Å². The molecule has 0 spiro atoms. The van der Waals surface area contributed by atoms with E-state index in [1.807, 2.05) is 0 Å². The summed E-state index contributed by atoms with van der Waals surface area (Å²) in [6.45, 7) is 3.12. The van der Waals surface area contributed by atoms with E-state index in [-0.39, 0.29) is 47.4 Å². The van der Waals surface area contributed by atoms with E-state index in [1.54, 1.807) is 13.8 Å². The number of carbonyl (C=O) groups excluding carboxylic acids is 2. The summed E-state index contributed by atoms with van der Waals surface area (Å²) < 4.78 is 97.4. The Morgan fingerprint density at radius 3 is 2.21 bits per heavy atom. The van der Waals surface area contributed by atoms with Crippen LogP contribution >= 0.6 is 0 Å². The molecule has 39 heavy (non-hydrogen) atoms. The summed E-state index contributed by atoms with van der Waals surface area (Å²) in [6.07, 6.45) is -8.04. The largest absolute Gasteiger partial charge is 0.462 e. The minimum atomic E-state index is -4.75. The first-order valence-corrected chi connectivity index (χ1v) is 11.7. The van der Waals surface area contributed by atoms with E-state index in [0.717, 1.165) is 24.4 Å². The van der Waals surface area contributed by atoms with E-state index >= 15 is 0 Å². The number of halogens is 7. The maximum absolute atomic E-state index is 14.7. The number of rotatable bonds is 6. The van der Waals surface area contributed by atoms with Crippen LogP contribution in [0.2, 0.25) is 0 Å². The van der Waals surface area contributed by atoms with Crippen molar-refractivity contribution in [3.8, 4) is 11.1 Å². The number of ether oxygens (including phenoxy) is 1. The summed E-state index contributed by atoms with van der Waals surface area (Å²) in [5, 5.41) is 2.60. The van der Waals surface area contributed by atoms with Crippen LogP contribution in [-0.4, -0.2) is 23.5 Å². The van der Waals surface area contributed by atoms with E-state index in [0.29, 0.717) is 17.7 Å². The van der Waals surface area contributed by atoms with Crippen molar-refractivity contribution in [1.29, 1.82) is 0 Å². The van der Waals surface area contributed by atoms with Crippen LogP contribution in [0.25, 0.3) is 11.1 Å². The molecule has 206 valence electrons. The van der Waals surface area contributed by atoms with Gasteiger partial charge in [-0.3, -0.25) is 9.78 Å². The Hall–Kier alpha value is -3.96. The second-order valence-corrected chi connectivity index (χ2v) is 9.09. The highest BCUT2D eigenvalue weighted by atomic mass is 19.4. The lowest BCUT2D eigenvalue weighted by molar-refractivity contribution is -0.141. The Bertz CT molecular complexity index is 1430. The lowest BCUT2D eigenvalue weighted by Crippen LogP contribution is -2.29.